The van der Waals surface area contributed by atoms with Gasteiger partial charge < -0.3 is 20.1 Å². The first-order valence-corrected chi connectivity index (χ1v) is 9.46. The van der Waals surface area contributed by atoms with E-state index in [0.29, 0.717) is 11.6 Å². The number of halogens is 1. The van der Waals surface area contributed by atoms with Crippen LogP contribution in [0.1, 0.15) is 25.0 Å². The van der Waals surface area contributed by atoms with Crippen LogP contribution in [0.5, 0.6) is 0 Å². The fourth-order valence-electron chi connectivity index (χ4n) is 3.56. The highest BCUT2D eigenvalue weighted by atomic mass is 19.1. The number of nitrogens with one attached hydrogen (secondary N) is 1. The minimum absolute atomic E-state index is 0.257. The van der Waals surface area contributed by atoms with Crippen LogP contribution in [0.2, 0.25) is 0 Å². The molecule has 1 aromatic carbocycles. The summed E-state index contributed by atoms with van der Waals surface area (Å²) in [5.74, 6) is 0.536. The zero-order valence-electron chi connectivity index (χ0n) is 15.4. The Bertz CT molecular complexity index is 590. The Labute approximate surface area is 154 Å². The first kappa shape index (κ1) is 19.1. The molecular weight excluding hydrogens is 335 g/mol. The zero-order chi connectivity index (χ0) is 18.4. The van der Waals surface area contributed by atoms with E-state index in [1.807, 2.05) is 6.92 Å². The van der Waals surface area contributed by atoms with Crippen LogP contribution in [0, 0.1) is 5.82 Å². The van der Waals surface area contributed by atoms with Crippen LogP contribution in [-0.4, -0.2) is 79.4 Å². The van der Waals surface area contributed by atoms with Crippen LogP contribution in [0.15, 0.2) is 29.3 Å². The molecule has 7 heteroatoms. The highest BCUT2D eigenvalue weighted by Crippen LogP contribution is 2.18. The molecule has 0 spiro atoms. The summed E-state index contributed by atoms with van der Waals surface area (Å²) in [7, 11) is 0. The van der Waals surface area contributed by atoms with Crippen molar-refractivity contribution >= 4 is 5.96 Å². The van der Waals surface area contributed by atoms with Gasteiger partial charge in [-0.15, -0.1) is 0 Å². The third-order valence-corrected chi connectivity index (χ3v) is 5.03. The number of ether oxygens (including phenoxy) is 1. The zero-order valence-corrected chi connectivity index (χ0v) is 15.4. The Kier molecular flexibility index (Phi) is 6.82. The van der Waals surface area contributed by atoms with Gasteiger partial charge in [0.1, 0.15) is 5.82 Å². The molecule has 0 saturated carbocycles. The molecule has 144 valence electrons. The molecule has 1 aromatic rings. The van der Waals surface area contributed by atoms with Crippen molar-refractivity contribution in [1.82, 2.24) is 15.1 Å². The molecule has 0 aliphatic carbocycles. The lowest BCUT2D eigenvalue weighted by Crippen LogP contribution is -2.46. The number of hydrogen-bond acceptors (Lipinski definition) is 4. The van der Waals surface area contributed by atoms with Crippen molar-refractivity contribution in [2.24, 2.45) is 4.99 Å². The van der Waals surface area contributed by atoms with E-state index in [1.54, 1.807) is 12.1 Å². The second kappa shape index (κ2) is 9.30. The first-order chi connectivity index (χ1) is 12.7. The van der Waals surface area contributed by atoms with E-state index in [4.69, 9.17) is 4.74 Å². The minimum atomic E-state index is -0.734. The molecule has 2 aliphatic heterocycles. The third-order valence-electron chi connectivity index (χ3n) is 5.03. The van der Waals surface area contributed by atoms with Crippen molar-refractivity contribution in [3.05, 3.63) is 35.6 Å². The molecule has 0 aromatic heterocycles. The topological polar surface area (TPSA) is 60.3 Å². The lowest BCUT2D eigenvalue weighted by Gasteiger charge is -2.32. The number of rotatable bonds is 5. The summed E-state index contributed by atoms with van der Waals surface area (Å²) in [5.41, 5.74) is 0.679. The van der Waals surface area contributed by atoms with Crippen LogP contribution in [0.3, 0.4) is 0 Å². The number of likely N-dealkylation sites (tertiary alicyclic amines) is 1. The van der Waals surface area contributed by atoms with Gasteiger partial charge in [-0.1, -0.05) is 12.1 Å². The van der Waals surface area contributed by atoms with E-state index in [1.165, 1.54) is 12.1 Å². The number of aliphatic hydroxyl groups excluding tert-OH is 1. The lowest BCUT2D eigenvalue weighted by molar-refractivity contribution is 0.0194. The van der Waals surface area contributed by atoms with Crippen LogP contribution < -0.4 is 5.32 Å². The van der Waals surface area contributed by atoms with E-state index < -0.39 is 6.10 Å². The predicted octanol–water partition coefficient (Wildman–Crippen LogP) is 1.23. The lowest BCUT2D eigenvalue weighted by atomic mass is 10.1. The standard InChI is InChI=1S/C19H29FN4O2/c1-2-21-19(22-13-18(25)15-3-5-16(20)6-4-15)24-8-7-17(14-24)23-9-11-26-12-10-23/h3-6,17-18,25H,2,7-14H2,1H3,(H,21,22). The van der Waals surface area contributed by atoms with Gasteiger partial charge in [0, 0.05) is 38.8 Å². The fourth-order valence-corrected chi connectivity index (χ4v) is 3.56. The van der Waals surface area contributed by atoms with Gasteiger partial charge in [-0.2, -0.15) is 0 Å². The molecule has 2 fully saturated rings. The van der Waals surface area contributed by atoms with Crippen molar-refractivity contribution in [3.63, 3.8) is 0 Å². The van der Waals surface area contributed by atoms with Crippen molar-refractivity contribution in [2.75, 3.05) is 52.5 Å². The van der Waals surface area contributed by atoms with Gasteiger partial charge in [0.2, 0.25) is 0 Å². The van der Waals surface area contributed by atoms with Crippen LogP contribution >= 0.6 is 0 Å². The molecule has 0 bridgehead atoms. The Morgan fingerprint density at radius 2 is 2.04 bits per heavy atom. The van der Waals surface area contributed by atoms with E-state index >= 15 is 0 Å². The van der Waals surface area contributed by atoms with E-state index in [2.05, 4.69) is 20.1 Å². The number of nitrogens with zero attached hydrogens (tertiary/aromatic N) is 3. The number of aliphatic hydroxyl groups is 1. The molecule has 6 nitrogen and oxygen atoms in total. The summed E-state index contributed by atoms with van der Waals surface area (Å²) in [6.45, 7) is 8.60. The summed E-state index contributed by atoms with van der Waals surface area (Å²) >= 11 is 0. The molecule has 2 unspecified atom stereocenters. The monoisotopic (exact) mass is 364 g/mol. The van der Waals surface area contributed by atoms with Gasteiger partial charge in [-0.3, -0.25) is 9.89 Å². The van der Waals surface area contributed by atoms with Crippen molar-refractivity contribution in [3.8, 4) is 0 Å². The molecule has 2 N–H and O–H groups in total. The van der Waals surface area contributed by atoms with Gasteiger partial charge in [-0.05, 0) is 31.0 Å². The quantitative estimate of drug-likeness (QED) is 0.608. The van der Waals surface area contributed by atoms with Gasteiger partial charge in [0.15, 0.2) is 5.96 Å². The Balaban J connectivity index is 1.59. The second-order valence-electron chi connectivity index (χ2n) is 6.80. The highest BCUT2D eigenvalue weighted by Gasteiger charge is 2.30. The Hall–Kier alpha value is -1.70. The number of guanidine groups is 1. The average molecular weight is 364 g/mol. The molecule has 2 atom stereocenters. The average Bonchev–Trinajstić information content (AvgIpc) is 3.16. The van der Waals surface area contributed by atoms with Gasteiger partial charge in [-0.25, -0.2) is 4.39 Å². The molecular formula is C19H29FN4O2. The van der Waals surface area contributed by atoms with Gasteiger partial charge in [0.25, 0.3) is 0 Å². The van der Waals surface area contributed by atoms with Crippen LogP contribution in [0.4, 0.5) is 4.39 Å². The molecule has 3 rings (SSSR count). The maximum absolute atomic E-state index is 13.0. The van der Waals surface area contributed by atoms with Crippen molar-refractivity contribution in [1.29, 1.82) is 0 Å². The molecule has 2 aliphatic rings. The normalized spacial score (nSPS) is 23.3. The number of hydrogen-bond donors (Lipinski definition) is 2. The SMILES string of the molecule is CCNC(=NCC(O)c1ccc(F)cc1)N1CCC(N2CCOCC2)C1. The van der Waals surface area contributed by atoms with E-state index in [0.717, 1.165) is 58.3 Å². The summed E-state index contributed by atoms with van der Waals surface area (Å²) in [5, 5.41) is 13.7. The molecule has 2 saturated heterocycles. The Morgan fingerprint density at radius 3 is 2.73 bits per heavy atom. The number of aliphatic imine (C=N–C) groups is 1. The summed E-state index contributed by atoms with van der Waals surface area (Å²) in [4.78, 5) is 9.38. The van der Waals surface area contributed by atoms with Crippen molar-refractivity contribution in [2.45, 2.75) is 25.5 Å². The summed E-state index contributed by atoms with van der Waals surface area (Å²) < 4.78 is 18.5. The summed E-state index contributed by atoms with van der Waals surface area (Å²) in [6, 6.07) is 6.46. The molecule has 26 heavy (non-hydrogen) atoms. The smallest absolute Gasteiger partial charge is 0.194 e. The van der Waals surface area contributed by atoms with E-state index in [-0.39, 0.29) is 12.4 Å². The third kappa shape index (κ3) is 4.93. The van der Waals surface area contributed by atoms with Crippen LogP contribution in [-0.2, 0) is 4.74 Å². The maximum atomic E-state index is 13.0. The van der Waals surface area contributed by atoms with Gasteiger partial charge >= 0.3 is 0 Å². The first-order valence-electron chi connectivity index (χ1n) is 9.46. The molecule has 0 radical (unpaired) electrons. The van der Waals surface area contributed by atoms with Crippen molar-refractivity contribution < 1.29 is 14.2 Å². The number of benzene rings is 1. The Morgan fingerprint density at radius 1 is 1.31 bits per heavy atom. The maximum Gasteiger partial charge on any atom is 0.194 e. The predicted molar refractivity (Wildman–Crippen MR) is 99.7 cm³/mol. The van der Waals surface area contributed by atoms with E-state index in [9.17, 15) is 9.50 Å². The second-order valence-corrected chi connectivity index (χ2v) is 6.80. The highest BCUT2D eigenvalue weighted by molar-refractivity contribution is 5.80. The molecule has 2 heterocycles. The largest absolute Gasteiger partial charge is 0.386 e. The fraction of sp³-hybridized carbons (Fsp3) is 0.632. The molecule has 0 amide bonds. The minimum Gasteiger partial charge on any atom is -0.386 e. The summed E-state index contributed by atoms with van der Waals surface area (Å²) in [6.07, 6.45) is 0.382. The number of morpholine rings is 1. The van der Waals surface area contributed by atoms with Gasteiger partial charge in [0.05, 0.1) is 25.9 Å². The van der Waals surface area contributed by atoms with Crippen LogP contribution in [0.25, 0.3) is 0 Å².